The van der Waals surface area contributed by atoms with Crippen LogP contribution in [0.3, 0.4) is 0 Å². The van der Waals surface area contributed by atoms with Crippen LogP contribution in [0, 0.1) is 0 Å². The van der Waals surface area contributed by atoms with Crippen molar-refractivity contribution in [3.05, 3.63) is 48.8 Å². The molecule has 3 heteroatoms. The van der Waals surface area contributed by atoms with E-state index in [4.69, 9.17) is 5.73 Å². The summed E-state index contributed by atoms with van der Waals surface area (Å²) >= 11 is 0. The zero-order valence-corrected chi connectivity index (χ0v) is 8.64. The topological polar surface area (TPSA) is 41.6 Å². The van der Waals surface area contributed by atoms with E-state index in [-0.39, 0.29) is 0 Å². The van der Waals surface area contributed by atoms with Crippen molar-refractivity contribution in [1.82, 2.24) is 0 Å². The predicted molar refractivity (Wildman–Crippen MR) is 64.7 cm³/mol. The van der Waals surface area contributed by atoms with Crippen molar-refractivity contribution in [2.75, 3.05) is 10.6 Å². The number of hydrogen-bond acceptors (Lipinski definition) is 3. The van der Waals surface area contributed by atoms with Crippen molar-refractivity contribution in [3.63, 3.8) is 0 Å². The Bertz CT molecular complexity index is 458. The van der Waals surface area contributed by atoms with Crippen LogP contribution in [0.15, 0.2) is 53.8 Å². The monoisotopic (exact) mass is 199 g/mol. The van der Waals surface area contributed by atoms with Crippen LogP contribution in [0.25, 0.3) is 0 Å². The van der Waals surface area contributed by atoms with Crippen molar-refractivity contribution >= 4 is 17.2 Å². The number of rotatable bonds is 1. The number of allylic oxidation sites excluding steroid dienone is 1. The Labute approximate surface area is 89.2 Å². The van der Waals surface area contributed by atoms with Crippen molar-refractivity contribution in [1.29, 1.82) is 0 Å². The molecule has 1 heterocycles. The van der Waals surface area contributed by atoms with Gasteiger partial charge in [0.05, 0.1) is 0 Å². The summed E-state index contributed by atoms with van der Waals surface area (Å²) in [5.74, 6) is 0.896. The number of hydrogen-bond donors (Lipinski definition) is 1. The Kier molecular flexibility index (Phi) is 2.29. The lowest BCUT2D eigenvalue weighted by molar-refractivity contribution is 1.21. The summed E-state index contributed by atoms with van der Waals surface area (Å²) in [6, 6.07) is 7.67. The highest BCUT2D eigenvalue weighted by Gasteiger charge is 2.13. The molecule has 0 unspecified atom stereocenters. The first-order valence-electron chi connectivity index (χ1n) is 4.74. The molecule has 0 atom stereocenters. The normalized spacial score (nSPS) is 15.4. The molecule has 0 bridgehead atoms. The SMILES string of the molecule is C=C1C=CN=C(C)N1c1cccc(N)c1. The second-order valence-corrected chi connectivity index (χ2v) is 3.41. The fourth-order valence-electron chi connectivity index (χ4n) is 1.59. The minimum atomic E-state index is 0.739. The van der Waals surface area contributed by atoms with E-state index in [2.05, 4.69) is 11.6 Å². The number of nitrogen functional groups attached to an aromatic ring is 1. The number of anilines is 2. The summed E-state index contributed by atoms with van der Waals surface area (Å²) in [7, 11) is 0. The second kappa shape index (κ2) is 3.61. The molecule has 1 aliphatic rings. The van der Waals surface area contributed by atoms with Crippen LogP contribution in [0.5, 0.6) is 0 Å². The Hall–Kier alpha value is -2.03. The molecule has 1 aliphatic heterocycles. The maximum absolute atomic E-state index is 5.74. The highest BCUT2D eigenvalue weighted by atomic mass is 15.2. The van der Waals surface area contributed by atoms with Gasteiger partial charge in [0, 0.05) is 23.3 Å². The number of nitrogens with zero attached hydrogens (tertiary/aromatic N) is 2. The van der Waals surface area contributed by atoms with E-state index in [1.807, 2.05) is 42.2 Å². The van der Waals surface area contributed by atoms with Gasteiger partial charge in [0.25, 0.3) is 0 Å². The molecular weight excluding hydrogens is 186 g/mol. The average Bonchev–Trinajstić information content (AvgIpc) is 2.17. The molecule has 1 aromatic carbocycles. The van der Waals surface area contributed by atoms with Gasteiger partial charge in [-0.3, -0.25) is 4.90 Å². The third kappa shape index (κ3) is 1.76. The second-order valence-electron chi connectivity index (χ2n) is 3.41. The number of amidine groups is 1. The van der Waals surface area contributed by atoms with Crippen molar-refractivity contribution in [2.24, 2.45) is 4.99 Å². The molecule has 0 saturated heterocycles. The van der Waals surface area contributed by atoms with Gasteiger partial charge in [-0.05, 0) is 31.2 Å². The molecule has 3 nitrogen and oxygen atoms in total. The molecule has 0 amide bonds. The van der Waals surface area contributed by atoms with Crippen LogP contribution in [0.2, 0.25) is 0 Å². The quantitative estimate of drug-likeness (QED) is 0.706. The third-order valence-electron chi connectivity index (χ3n) is 2.27. The minimum Gasteiger partial charge on any atom is -0.399 e. The maximum Gasteiger partial charge on any atom is 0.110 e. The highest BCUT2D eigenvalue weighted by molar-refractivity contribution is 6.00. The lowest BCUT2D eigenvalue weighted by atomic mass is 10.2. The van der Waals surface area contributed by atoms with Crippen LogP contribution < -0.4 is 10.6 Å². The standard InChI is InChI=1S/C12H13N3/c1-9-6-7-14-10(2)15(9)12-5-3-4-11(13)8-12/h3-8H,1,13H2,2H3. The summed E-state index contributed by atoms with van der Waals surface area (Å²) < 4.78 is 0. The molecule has 0 aliphatic carbocycles. The Balaban J connectivity index is 2.43. The van der Waals surface area contributed by atoms with Gasteiger partial charge in [-0.15, -0.1) is 0 Å². The number of benzene rings is 1. The van der Waals surface area contributed by atoms with Crippen LogP contribution in [0.4, 0.5) is 11.4 Å². The van der Waals surface area contributed by atoms with Gasteiger partial charge in [0.15, 0.2) is 0 Å². The first kappa shape index (κ1) is 9.52. The van der Waals surface area contributed by atoms with E-state index < -0.39 is 0 Å². The van der Waals surface area contributed by atoms with Gasteiger partial charge < -0.3 is 5.73 Å². The van der Waals surface area contributed by atoms with Crippen LogP contribution in [-0.2, 0) is 0 Å². The van der Waals surface area contributed by atoms with Crippen LogP contribution in [0.1, 0.15) is 6.92 Å². The lowest BCUT2D eigenvalue weighted by Crippen LogP contribution is -2.28. The summed E-state index contributed by atoms with van der Waals surface area (Å²) in [4.78, 5) is 6.20. The van der Waals surface area contributed by atoms with E-state index >= 15 is 0 Å². The molecule has 0 saturated carbocycles. The van der Waals surface area contributed by atoms with Gasteiger partial charge in [-0.2, -0.15) is 0 Å². The van der Waals surface area contributed by atoms with E-state index in [1.54, 1.807) is 6.20 Å². The minimum absolute atomic E-state index is 0.739. The summed E-state index contributed by atoms with van der Waals surface area (Å²) in [6.45, 7) is 5.91. The molecule has 0 radical (unpaired) electrons. The molecule has 0 spiro atoms. The highest BCUT2D eigenvalue weighted by Crippen LogP contribution is 2.24. The Morgan fingerprint density at radius 1 is 1.40 bits per heavy atom. The molecule has 76 valence electrons. The molecule has 15 heavy (non-hydrogen) atoms. The average molecular weight is 199 g/mol. The smallest absolute Gasteiger partial charge is 0.110 e. The molecule has 1 aromatic rings. The Morgan fingerprint density at radius 3 is 2.87 bits per heavy atom. The summed E-state index contributed by atoms with van der Waals surface area (Å²) in [6.07, 6.45) is 3.62. The number of nitrogens with two attached hydrogens (primary N) is 1. The zero-order valence-electron chi connectivity index (χ0n) is 8.64. The first-order valence-corrected chi connectivity index (χ1v) is 4.74. The fourth-order valence-corrected chi connectivity index (χ4v) is 1.59. The number of aliphatic imine (C=N–C) groups is 1. The van der Waals surface area contributed by atoms with Gasteiger partial charge >= 0.3 is 0 Å². The predicted octanol–water partition coefficient (Wildman–Crippen LogP) is 2.53. The van der Waals surface area contributed by atoms with E-state index in [0.29, 0.717) is 0 Å². The van der Waals surface area contributed by atoms with Crippen molar-refractivity contribution in [2.45, 2.75) is 6.92 Å². The molecule has 2 rings (SSSR count). The van der Waals surface area contributed by atoms with Gasteiger partial charge in [-0.25, -0.2) is 4.99 Å². The van der Waals surface area contributed by atoms with Gasteiger partial charge in [0.1, 0.15) is 5.84 Å². The molecule has 2 N–H and O–H groups in total. The fraction of sp³-hybridized carbons (Fsp3) is 0.0833. The molecule has 0 aromatic heterocycles. The third-order valence-corrected chi connectivity index (χ3v) is 2.27. The first-order chi connectivity index (χ1) is 7.18. The summed E-state index contributed by atoms with van der Waals surface area (Å²) in [5, 5.41) is 0. The summed E-state index contributed by atoms with van der Waals surface area (Å²) in [5.41, 5.74) is 8.37. The van der Waals surface area contributed by atoms with Gasteiger partial charge in [-0.1, -0.05) is 12.6 Å². The van der Waals surface area contributed by atoms with Crippen LogP contribution in [-0.4, -0.2) is 5.84 Å². The Morgan fingerprint density at radius 2 is 2.20 bits per heavy atom. The van der Waals surface area contributed by atoms with E-state index in [1.165, 1.54) is 0 Å². The lowest BCUT2D eigenvalue weighted by Gasteiger charge is -2.26. The van der Waals surface area contributed by atoms with Crippen LogP contribution >= 0.6 is 0 Å². The van der Waals surface area contributed by atoms with E-state index in [9.17, 15) is 0 Å². The van der Waals surface area contributed by atoms with E-state index in [0.717, 1.165) is 22.9 Å². The van der Waals surface area contributed by atoms with Crippen molar-refractivity contribution < 1.29 is 0 Å². The van der Waals surface area contributed by atoms with Crippen molar-refractivity contribution in [3.8, 4) is 0 Å². The maximum atomic E-state index is 5.74. The van der Waals surface area contributed by atoms with Gasteiger partial charge in [0.2, 0.25) is 0 Å². The molecule has 0 fully saturated rings. The molecular formula is C12H13N3. The zero-order chi connectivity index (χ0) is 10.8. The largest absolute Gasteiger partial charge is 0.399 e.